The zero-order valence-electron chi connectivity index (χ0n) is 18.6. The maximum atomic E-state index is 12.6. The van der Waals surface area contributed by atoms with Gasteiger partial charge in [0.25, 0.3) is 5.56 Å². The summed E-state index contributed by atoms with van der Waals surface area (Å²) in [5.41, 5.74) is 3.16. The lowest BCUT2D eigenvalue weighted by Crippen LogP contribution is -2.37. The molecule has 0 spiro atoms. The number of rotatable bonds is 5. The smallest absolute Gasteiger partial charge is 0.259 e. The Balaban J connectivity index is 1.42. The highest BCUT2D eigenvalue weighted by Crippen LogP contribution is 2.31. The van der Waals surface area contributed by atoms with E-state index in [1.165, 1.54) is 18.1 Å². The Labute approximate surface area is 197 Å². The van der Waals surface area contributed by atoms with Crippen molar-refractivity contribution in [3.63, 3.8) is 0 Å². The van der Waals surface area contributed by atoms with Crippen LogP contribution in [0, 0.1) is 0 Å². The van der Waals surface area contributed by atoms with Gasteiger partial charge in [0.15, 0.2) is 0 Å². The third-order valence-electron chi connectivity index (χ3n) is 6.18. The lowest BCUT2D eigenvalue weighted by molar-refractivity contribution is 0.321. The summed E-state index contributed by atoms with van der Waals surface area (Å²) in [6, 6.07) is 11.7. The molecule has 0 amide bonds. The van der Waals surface area contributed by atoms with E-state index in [-0.39, 0.29) is 5.56 Å². The van der Waals surface area contributed by atoms with E-state index in [1.54, 1.807) is 22.9 Å². The molecule has 174 valence electrons. The Hall–Kier alpha value is -3.63. The maximum absolute atomic E-state index is 12.6. The van der Waals surface area contributed by atoms with Crippen LogP contribution in [0.2, 0.25) is 0 Å². The van der Waals surface area contributed by atoms with Crippen molar-refractivity contribution in [2.75, 3.05) is 24.7 Å². The van der Waals surface area contributed by atoms with Crippen molar-refractivity contribution in [2.45, 2.75) is 18.8 Å². The molecular weight excluding hydrogens is 452 g/mol. The number of aromatic amines is 1. The lowest BCUT2D eigenvalue weighted by Gasteiger charge is -2.30. The third kappa shape index (κ3) is 4.55. The van der Waals surface area contributed by atoms with Gasteiger partial charge in [0.2, 0.25) is 10.0 Å². The van der Waals surface area contributed by atoms with Crippen LogP contribution in [0.15, 0.2) is 66.1 Å². The van der Waals surface area contributed by atoms with E-state index in [0.717, 1.165) is 29.5 Å². The number of anilines is 2. The van der Waals surface area contributed by atoms with Crippen LogP contribution in [-0.2, 0) is 10.0 Å². The molecular formula is C24H24N6O3S. The van der Waals surface area contributed by atoms with Gasteiger partial charge >= 0.3 is 0 Å². The van der Waals surface area contributed by atoms with E-state index >= 15 is 0 Å². The Morgan fingerprint density at radius 2 is 1.76 bits per heavy atom. The molecule has 5 rings (SSSR count). The van der Waals surface area contributed by atoms with Crippen molar-refractivity contribution >= 4 is 32.3 Å². The van der Waals surface area contributed by atoms with Gasteiger partial charge in [-0.2, -0.15) is 0 Å². The highest BCUT2D eigenvalue weighted by atomic mass is 32.2. The van der Waals surface area contributed by atoms with Gasteiger partial charge < -0.3 is 10.3 Å². The molecule has 0 aliphatic carbocycles. The first-order chi connectivity index (χ1) is 16.4. The molecule has 1 fully saturated rings. The van der Waals surface area contributed by atoms with Gasteiger partial charge in [0, 0.05) is 42.9 Å². The number of H-pyrrole nitrogens is 1. The standard InChI is InChI=1S/C24H24N6O3S/c1-34(32,33)30-10-7-17(8-11-30)16-2-4-20(5-3-16)28-23-22-18(6-9-27-24(22)31)12-21(29-23)19-13-25-15-26-14-19/h2-6,9,12-15,17H,7-8,10-11H2,1H3,(H,27,31)(H,28,29). The molecule has 1 aliphatic rings. The van der Waals surface area contributed by atoms with E-state index in [2.05, 4.69) is 20.3 Å². The first kappa shape index (κ1) is 22.2. The molecule has 4 aromatic rings. The fraction of sp³-hybridized carbons (Fsp3) is 0.250. The second-order valence-corrected chi connectivity index (χ2v) is 10.4. The molecule has 4 heterocycles. The summed E-state index contributed by atoms with van der Waals surface area (Å²) in [5.74, 6) is 0.766. The second-order valence-electron chi connectivity index (χ2n) is 8.44. The summed E-state index contributed by atoms with van der Waals surface area (Å²) in [4.78, 5) is 28.1. The summed E-state index contributed by atoms with van der Waals surface area (Å²) in [7, 11) is -3.14. The Kier molecular flexibility index (Phi) is 5.84. The van der Waals surface area contributed by atoms with Gasteiger partial charge in [-0.1, -0.05) is 12.1 Å². The summed E-state index contributed by atoms with van der Waals surface area (Å²) >= 11 is 0. The van der Waals surface area contributed by atoms with Crippen LogP contribution in [0.1, 0.15) is 24.3 Å². The fourth-order valence-electron chi connectivity index (χ4n) is 4.38. The monoisotopic (exact) mass is 476 g/mol. The normalized spacial score (nSPS) is 15.4. The summed E-state index contributed by atoms with van der Waals surface area (Å²) in [6.07, 6.45) is 9.29. The molecule has 9 nitrogen and oxygen atoms in total. The zero-order valence-corrected chi connectivity index (χ0v) is 19.4. The number of aromatic nitrogens is 4. The molecule has 3 aromatic heterocycles. The van der Waals surface area contributed by atoms with E-state index in [0.29, 0.717) is 35.9 Å². The number of fused-ring (bicyclic) bond motifs is 1. The molecule has 1 saturated heterocycles. The van der Waals surface area contributed by atoms with Crippen molar-refractivity contribution in [1.29, 1.82) is 0 Å². The Morgan fingerprint density at radius 3 is 2.44 bits per heavy atom. The zero-order chi connectivity index (χ0) is 23.7. The Morgan fingerprint density at radius 1 is 1.06 bits per heavy atom. The average Bonchev–Trinajstić information content (AvgIpc) is 2.84. The molecule has 0 atom stereocenters. The molecule has 0 bridgehead atoms. The summed E-state index contributed by atoms with van der Waals surface area (Å²) < 4.78 is 25.1. The van der Waals surface area contributed by atoms with Crippen LogP contribution in [0.4, 0.5) is 11.5 Å². The van der Waals surface area contributed by atoms with Crippen LogP contribution in [-0.4, -0.2) is 52.0 Å². The van der Waals surface area contributed by atoms with Gasteiger partial charge in [-0.15, -0.1) is 0 Å². The SMILES string of the molecule is CS(=O)(=O)N1CCC(c2ccc(Nc3nc(-c4cncnc4)cc4cc[nH]c(=O)c34)cc2)CC1. The van der Waals surface area contributed by atoms with Crippen molar-refractivity contribution in [3.05, 3.63) is 77.2 Å². The van der Waals surface area contributed by atoms with Gasteiger partial charge in [-0.3, -0.25) is 4.79 Å². The van der Waals surface area contributed by atoms with Gasteiger partial charge in [-0.25, -0.2) is 27.7 Å². The van der Waals surface area contributed by atoms with Crippen molar-refractivity contribution in [3.8, 4) is 11.3 Å². The number of nitrogens with one attached hydrogen (secondary N) is 2. The largest absolute Gasteiger partial charge is 0.340 e. The number of sulfonamides is 1. The molecule has 1 aliphatic heterocycles. The number of benzene rings is 1. The van der Waals surface area contributed by atoms with E-state index in [1.807, 2.05) is 36.4 Å². The first-order valence-corrected chi connectivity index (χ1v) is 12.8. The third-order valence-corrected chi connectivity index (χ3v) is 7.48. The molecule has 1 aromatic carbocycles. The van der Waals surface area contributed by atoms with Crippen LogP contribution < -0.4 is 10.9 Å². The minimum Gasteiger partial charge on any atom is -0.340 e. The lowest BCUT2D eigenvalue weighted by atomic mass is 9.90. The van der Waals surface area contributed by atoms with Crippen LogP contribution in [0.3, 0.4) is 0 Å². The topological polar surface area (TPSA) is 121 Å². The molecule has 0 unspecified atom stereocenters. The predicted molar refractivity (Wildman–Crippen MR) is 132 cm³/mol. The maximum Gasteiger partial charge on any atom is 0.259 e. The minimum atomic E-state index is -3.14. The quantitative estimate of drug-likeness (QED) is 0.453. The fourth-order valence-corrected chi connectivity index (χ4v) is 5.25. The van der Waals surface area contributed by atoms with Crippen LogP contribution >= 0.6 is 0 Å². The van der Waals surface area contributed by atoms with Crippen molar-refractivity contribution < 1.29 is 8.42 Å². The van der Waals surface area contributed by atoms with Crippen LogP contribution in [0.5, 0.6) is 0 Å². The van der Waals surface area contributed by atoms with Crippen molar-refractivity contribution in [2.24, 2.45) is 0 Å². The molecule has 2 N–H and O–H groups in total. The summed E-state index contributed by atoms with van der Waals surface area (Å²) in [5, 5.41) is 4.53. The Bertz CT molecular complexity index is 1480. The molecule has 34 heavy (non-hydrogen) atoms. The summed E-state index contributed by atoms with van der Waals surface area (Å²) in [6.45, 7) is 1.08. The van der Waals surface area contributed by atoms with Crippen LogP contribution in [0.25, 0.3) is 22.0 Å². The molecule has 0 saturated carbocycles. The number of hydrogen-bond donors (Lipinski definition) is 2. The van der Waals surface area contributed by atoms with E-state index in [4.69, 9.17) is 4.98 Å². The van der Waals surface area contributed by atoms with E-state index in [9.17, 15) is 13.2 Å². The average molecular weight is 477 g/mol. The van der Waals surface area contributed by atoms with Crippen molar-refractivity contribution in [1.82, 2.24) is 24.2 Å². The predicted octanol–water partition coefficient (Wildman–Crippen LogP) is 3.26. The highest BCUT2D eigenvalue weighted by Gasteiger charge is 2.25. The van der Waals surface area contributed by atoms with Gasteiger partial charge in [-0.05, 0) is 54.0 Å². The number of hydrogen-bond acceptors (Lipinski definition) is 7. The molecule has 10 heteroatoms. The molecule has 0 radical (unpaired) electrons. The number of pyridine rings is 2. The van der Waals surface area contributed by atoms with Gasteiger partial charge in [0.1, 0.15) is 12.1 Å². The number of piperidine rings is 1. The number of nitrogens with zero attached hydrogens (tertiary/aromatic N) is 4. The second kappa shape index (κ2) is 8.96. The van der Waals surface area contributed by atoms with E-state index < -0.39 is 10.0 Å². The highest BCUT2D eigenvalue weighted by molar-refractivity contribution is 7.88. The minimum absolute atomic E-state index is 0.224. The van der Waals surface area contributed by atoms with Gasteiger partial charge in [0.05, 0.1) is 17.3 Å². The first-order valence-electron chi connectivity index (χ1n) is 11.0.